The lowest BCUT2D eigenvalue weighted by atomic mass is 10.2. The van der Waals surface area contributed by atoms with Crippen LogP contribution >= 0.6 is 11.8 Å². The molecule has 22 heavy (non-hydrogen) atoms. The first-order valence-corrected chi connectivity index (χ1v) is 8.21. The zero-order valence-corrected chi connectivity index (χ0v) is 12.7. The van der Waals surface area contributed by atoms with Crippen molar-refractivity contribution in [2.75, 3.05) is 0 Å². The Bertz CT molecular complexity index is 747. The largest absolute Gasteiger partial charge is 0.262 e. The zero-order valence-electron chi connectivity index (χ0n) is 11.9. The number of aromatic nitrogens is 7. The number of tetrazole rings is 1. The van der Waals surface area contributed by atoms with Gasteiger partial charge in [-0.3, -0.25) is 5.10 Å². The Morgan fingerprint density at radius 1 is 1.23 bits per heavy atom. The van der Waals surface area contributed by atoms with Crippen molar-refractivity contribution < 1.29 is 0 Å². The first-order valence-electron chi connectivity index (χ1n) is 7.22. The summed E-state index contributed by atoms with van der Waals surface area (Å²) in [5.41, 5.74) is 1.17. The Balaban J connectivity index is 1.41. The van der Waals surface area contributed by atoms with Crippen LogP contribution in [0.3, 0.4) is 0 Å². The van der Waals surface area contributed by atoms with Crippen molar-refractivity contribution in [2.45, 2.75) is 36.2 Å². The summed E-state index contributed by atoms with van der Waals surface area (Å²) in [7, 11) is 0. The molecular formula is C14H15N7S. The quantitative estimate of drug-likeness (QED) is 0.701. The van der Waals surface area contributed by atoms with Gasteiger partial charge in [0.05, 0.1) is 12.3 Å². The van der Waals surface area contributed by atoms with Crippen molar-refractivity contribution in [1.82, 2.24) is 35.4 Å². The average molecular weight is 313 g/mol. The molecule has 3 aromatic rings. The van der Waals surface area contributed by atoms with Gasteiger partial charge in [-0.05, 0) is 28.8 Å². The van der Waals surface area contributed by atoms with E-state index in [1.54, 1.807) is 16.4 Å². The van der Waals surface area contributed by atoms with Crippen LogP contribution in [0.2, 0.25) is 0 Å². The fourth-order valence-electron chi connectivity index (χ4n) is 2.19. The molecule has 0 saturated heterocycles. The van der Waals surface area contributed by atoms with Gasteiger partial charge in [-0.1, -0.05) is 42.1 Å². The summed E-state index contributed by atoms with van der Waals surface area (Å²) in [6.45, 7) is 0.667. The van der Waals surface area contributed by atoms with Gasteiger partial charge in [0.15, 0.2) is 5.82 Å². The molecule has 112 valence electrons. The van der Waals surface area contributed by atoms with E-state index in [0.29, 0.717) is 18.2 Å². The Morgan fingerprint density at radius 3 is 2.91 bits per heavy atom. The Kier molecular flexibility index (Phi) is 3.59. The van der Waals surface area contributed by atoms with Crippen molar-refractivity contribution in [1.29, 1.82) is 0 Å². The van der Waals surface area contributed by atoms with Crippen LogP contribution in [0.25, 0.3) is 0 Å². The van der Waals surface area contributed by atoms with Gasteiger partial charge < -0.3 is 0 Å². The van der Waals surface area contributed by atoms with Crippen molar-refractivity contribution in [3.8, 4) is 0 Å². The molecule has 0 unspecified atom stereocenters. The molecule has 1 aliphatic rings. The minimum absolute atomic E-state index is 0.568. The van der Waals surface area contributed by atoms with Crippen LogP contribution < -0.4 is 0 Å². The monoisotopic (exact) mass is 313 g/mol. The van der Waals surface area contributed by atoms with Gasteiger partial charge in [0.1, 0.15) is 5.82 Å². The van der Waals surface area contributed by atoms with Gasteiger partial charge in [-0.25, -0.2) is 9.67 Å². The number of thioether (sulfide) groups is 1. The number of hydrogen-bond acceptors (Lipinski definition) is 6. The van der Waals surface area contributed by atoms with E-state index in [1.807, 2.05) is 18.2 Å². The van der Waals surface area contributed by atoms with Gasteiger partial charge >= 0.3 is 0 Å². The third-order valence-corrected chi connectivity index (χ3v) is 4.47. The topological polar surface area (TPSA) is 85.2 Å². The molecule has 2 heterocycles. The fraction of sp³-hybridized carbons (Fsp3) is 0.357. The highest BCUT2D eigenvalue weighted by Crippen LogP contribution is 2.37. The maximum absolute atomic E-state index is 4.52. The standard InChI is InChI=1S/C14H15N7S/c1-2-4-10(5-3-1)8-21-14(18-19-20-21)22-9-12-15-13(17-16-12)11-6-7-11/h1-5,11H,6-9H2,(H,15,16,17). The molecule has 0 amide bonds. The van der Waals surface area contributed by atoms with Crippen LogP contribution in [0.4, 0.5) is 0 Å². The molecule has 8 heteroatoms. The second kappa shape index (κ2) is 5.88. The number of rotatable bonds is 6. The molecular weight excluding hydrogens is 298 g/mol. The van der Waals surface area contributed by atoms with Crippen LogP contribution in [0, 0.1) is 0 Å². The third-order valence-electron chi connectivity index (χ3n) is 3.50. The Morgan fingerprint density at radius 2 is 2.09 bits per heavy atom. The van der Waals surface area contributed by atoms with Crippen molar-refractivity contribution >= 4 is 11.8 Å². The minimum atomic E-state index is 0.568. The predicted octanol–water partition coefficient (Wildman–Crippen LogP) is 2.01. The van der Waals surface area contributed by atoms with Crippen LogP contribution in [-0.4, -0.2) is 35.4 Å². The summed E-state index contributed by atoms with van der Waals surface area (Å²) in [4.78, 5) is 4.52. The van der Waals surface area contributed by atoms with E-state index < -0.39 is 0 Å². The number of H-pyrrole nitrogens is 1. The zero-order chi connectivity index (χ0) is 14.8. The third kappa shape index (κ3) is 3.01. The molecule has 4 rings (SSSR count). The highest BCUT2D eigenvalue weighted by molar-refractivity contribution is 7.98. The van der Waals surface area contributed by atoms with Crippen LogP contribution in [-0.2, 0) is 12.3 Å². The van der Waals surface area contributed by atoms with Crippen molar-refractivity contribution in [3.05, 3.63) is 47.5 Å². The second-order valence-corrected chi connectivity index (χ2v) is 6.25. The minimum Gasteiger partial charge on any atom is -0.262 e. The smallest absolute Gasteiger partial charge is 0.210 e. The summed E-state index contributed by atoms with van der Waals surface area (Å²) >= 11 is 1.56. The molecule has 2 aromatic heterocycles. The maximum Gasteiger partial charge on any atom is 0.210 e. The van der Waals surface area contributed by atoms with E-state index in [2.05, 4.69) is 42.8 Å². The average Bonchev–Trinajstić information content (AvgIpc) is 3.13. The molecule has 1 saturated carbocycles. The lowest BCUT2D eigenvalue weighted by Crippen LogP contribution is -2.03. The molecule has 0 bridgehead atoms. The van der Waals surface area contributed by atoms with Gasteiger partial charge in [0.2, 0.25) is 5.16 Å². The lowest BCUT2D eigenvalue weighted by Gasteiger charge is -2.03. The summed E-state index contributed by atoms with van der Waals surface area (Å²) in [6.07, 6.45) is 2.42. The van der Waals surface area contributed by atoms with Gasteiger partial charge in [0.25, 0.3) is 0 Å². The second-order valence-electron chi connectivity index (χ2n) is 5.31. The highest BCUT2D eigenvalue weighted by atomic mass is 32.2. The molecule has 1 aromatic carbocycles. The lowest BCUT2D eigenvalue weighted by molar-refractivity contribution is 0.602. The SMILES string of the molecule is c1ccc(Cn2nnnc2SCc2nc(C3CC3)n[nH]2)cc1. The first-order chi connectivity index (χ1) is 10.9. The van der Waals surface area contributed by atoms with Crippen molar-refractivity contribution in [2.24, 2.45) is 0 Å². The number of nitrogens with one attached hydrogen (secondary N) is 1. The van der Waals surface area contributed by atoms with E-state index >= 15 is 0 Å². The molecule has 1 fully saturated rings. The van der Waals surface area contributed by atoms with Gasteiger partial charge in [-0.2, -0.15) is 5.10 Å². The van der Waals surface area contributed by atoms with E-state index in [1.165, 1.54) is 18.4 Å². The van der Waals surface area contributed by atoms with Crippen LogP contribution in [0.15, 0.2) is 35.5 Å². The first kappa shape index (κ1) is 13.4. The summed E-state index contributed by atoms with van der Waals surface area (Å²) < 4.78 is 1.80. The predicted molar refractivity (Wildman–Crippen MR) is 81.3 cm³/mol. The number of aromatic amines is 1. The summed E-state index contributed by atoms with van der Waals surface area (Å²) in [5, 5.41) is 20.0. The molecule has 0 radical (unpaired) electrons. The number of nitrogens with zero attached hydrogens (tertiary/aromatic N) is 6. The summed E-state index contributed by atoms with van der Waals surface area (Å²) in [5.74, 6) is 3.08. The van der Waals surface area contributed by atoms with Gasteiger partial charge in [0, 0.05) is 5.92 Å². The molecule has 7 nitrogen and oxygen atoms in total. The number of hydrogen-bond donors (Lipinski definition) is 1. The Labute approximate surface area is 131 Å². The highest BCUT2D eigenvalue weighted by Gasteiger charge is 2.27. The van der Waals surface area contributed by atoms with Crippen LogP contribution in [0.1, 0.15) is 36.0 Å². The van der Waals surface area contributed by atoms with Crippen molar-refractivity contribution in [3.63, 3.8) is 0 Å². The molecule has 0 spiro atoms. The maximum atomic E-state index is 4.52. The van der Waals surface area contributed by atoms with E-state index in [-0.39, 0.29) is 0 Å². The molecule has 0 aliphatic heterocycles. The molecule has 1 N–H and O–H groups in total. The molecule has 0 atom stereocenters. The number of benzene rings is 1. The van der Waals surface area contributed by atoms with E-state index in [9.17, 15) is 0 Å². The van der Waals surface area contributed by atoms with E-state index in [0.717, 1.165) is 16.8 Å². The fourth-order valence-corrected chi connectivity index (χ4v) is 2.93. The Hall–Kier alpha value is -2.22. The van der Waals surface area contributed by atoms with Crippen LogP contribution in [0.5, 0.6) is 0 Å². The van der Waals surface area contributed by atoms with E-state index in [4.69, 9.17) is 0 Å². The normalized spacial score (nSPS) is 14.4. The molecule has 1 aliphatic carbocycles. The summed E-state index contributed by atoms with van der Waals surface area (Å²) in [6, 6.07) is 10.2. The van der Waals surface area contributed by atoms with Gasteiger partial charge in [-0.15, -0.1) is 5.10 Å².